The van der Waals surface area contributed by atoms with E-state index in [9.17, 15) is 14.4 Å². The molecule has 7 heteroatoms. The van der Waals surface area contributed by atoms with Gasteiger partial charge in [-0.1, -0.05) is 13.0 Å². The van der Waals surface area contributed by atoms with Crippen LogP contribution in [0.15, 0.2) is 23.6 Å². The van der Waals surface area contributed by atoms with Gasteiger partial charge in [0.1, 0.15) is 5.54 Å². The molecule has 160 valence electrons. The van der Waals surface area contributed by atoms with Crippen LogP contribution in [0.1, 0.15) is 59.2 Å². The lowest BCUT2D eigenvalue weighted by Gasteiger charge is -2.33. The zero-order chi connectivity index (χ0) is 21.5. The van der Waals surface area contributed by atoms with E-state index in [4.69, 9.17) is 0 Å². The van der Waals surface area contributed by atoms with Crippen molar-refractivity contribution in [2.24, 2.45) is 5.92 Å². The summed E-state index contributed by atoms with van der Waals surface area (Å²) in [7, 11) is 0. The van der Waals surface area contributed by atoms with E-state index < -0.39 is 11.6 Å². The van der Waals surface area contributed by atoms with Gasteiger partial charge < -0.3 is 9.88 Å². The number of ketones is 1. The van der Waals surface area contributed by atoms with Crippen LogP contribution in [-0.4, -0.2) is 39.3 Å². The number of hydrogen-bond donors (Lipinski definition) is 1. The highest BCUT2D eigenvalue weighted by Crippen LogP contribution is 2.36. The molecule has 1 aliphatic heterocycles. The summed E-state index contributed by atoms with van der Waals surface area (Å²) in [4.78, 5) is 41.1. The van der Waals surface area contributed by atoms with Gasteiger partial charge in [-0.15, -0.1) is 11.3 Å². The van der Waals surface area contributed by atoms with Crippen molar-refractivity contribution in [3.05, 3.63) is 45.4 Å². The first kappa shape index (κ1) is 20.8. The molecule has 1 spiro atoms. The van der Waals surface area contributed by atoms with Gasteiger partial charge in [-0.05, 0) is 69.4 Å². The number of thiophene rings is 1. The SMILES string of the molecule is Cc1cc(C(=O)CN2C(=O)NC3(CCC(C)CC3)C2=O)c(C)n1CCc1cccs1. The molecule has 0 bridgehead atoms. The van der Waals surface area contributed by atoms with Gasteiger partial charge in [0.15, 0.2) is 5.78 Å². The summed E-state index contributed by atoms with van der Waals surface area (Å²) in [6.07, 6.45) is 4.05. The second-order valence-electron chi connectivity index (χ2n) is 8.78. The Hall–Kier alpha value is -2.41. The number of urea groups is 1. The Bertz CT molecular complexity index is 968. The van der Waals surface area contributed by atoms with E-state index in [0.29, 0.717) is 24.3 Å². The molecule has 2 aromatic heterocycles. The monoisotopic (exact) mass is 427 g/mol. The van der Waals surface area contributed by atoms with Gasteiger partial charge in [0.25, 0.3) is 5.91 Å². The molecule has 0 aromatic carbocycles. The molecule has 0 atom stereocenters. The third kappa shape index (κ3) is 3.71. The smallest absolute Gasteiger partial charge is 0.325 e. The minimum atomic E-state index is -0.804. The summed E-state index contributed by atoms with van der Waals surface area (Å²) in [6, 6.07) is 5.60. The van der Waals surface area contributed by atoms with Crippen molar-refractivity contribution in [3.8, 4) is 0 Å². The third-order valence-corrected chi connectivity index (χ3v) is 7.65. The Morgan fingerprint density at radius 2 is 2.00 bits per heavy atom. The molecular weight excluding hydrogens is 398 g/mol. The highest BCUT2D eigenvalue weighted by Gasteiger charge is 2.52. The largest absolute Gasteiger partial charge is 0.348 e. The second kappa shape index (κ2) is 8.02. The first-order valence-corrected chi connectivity index (χ1v) is 11.5. The van der Waals surface area contributed by atoms with E-state index in [1.807, 2.05) is 26.0 Å². The van der Waals surface area contributed by atoms with E-state index in [1.165, 1.54) is 4.88 Å². The Balaban J connectivity index is 1.47. The minimum absolute atomic E-state index is 0.185. The van der Waals surface area contributed by atoms with Gasteiger partial charge in [-0.25, -0.2) is 4.79 Å². The molecule has 1 N–H and O–H groups in total. The third-order valence-electron chi connectivity index (χ3n) is 6.71. The Kier molecular flexibility index (Phi) is 5.57. The van der Waals surface area contributed by atoms with Crippen LogP contribution in [0.5, 0.6) is 0 Å². The van der Waals surface area contributed by atoms with Crippen LogP contribution in [0.4, 0.5) is 4.79 Å². The average Bonchev–Trinajstić information content (AvgIpc) is 3.38. The van der Waals surface area contributed by atoms with Crippen LogP contribution >= 0.6 is 11.3 Å². The number of imide groups is 1. The molecule has 2 aromatic rings. The van der Waals surface area contributed by atoms with Gasteiger partial charge in [-0.3, -0.25) is 14.5 Å². The molecular formula is C23H29N3O3S. The second-order valence-corrected chi connectivity index (χ2v) is 9.81. The molecule has 6 nitrogen and oxygen atoms in total. The first-order chi connectivity index (χ1) is 14.3. The zero-order valence-electron chi connectivity index (χ0n) is 17.9. The standard InChI is InChI=1S/C23H29N3O3S/c1-15-6-9-23(10-7-15)21(28)26(22(29)24-23)14-20(27)19-13-16(2)25(17(19)3)11-8-18-5-4-12-30-18/h4-5,12-13,15H,6-11,14H2,1-3H3,(H,24,29). The number of Topliss-reactive ketones (excluding diaryl/α,β-unsaturated/α-hetero) is 1. The van der Waals surface area contributed by atoms with Crippen molar-refractivity contribution in [3.63, 3.8) is 0 Å². The summed E-state index contributed by atoms with van der Waals surface area (Å²) in [5.74, 6) is 0.144. The Labute approximate surface area is 181 Å². The molecule has 2 aliphatic rings. The summed E-state index contributed by atoms with van der Waals surface area (Å²) in [5, 5.41) is 4.96. The molecule has 4 rings (SSSR count). The number of carbonyl (C=O) groups excluding carboxylic acids is 3. The van der Waals surface area contributed by atoms with E-state index in [-0.39, 0.29) is 18.2 Å². The number of aryl methyl sites for hydroxylation is 2. The summed E-state index contributed by atoms with van der Waals surface area (Å²) >= 11 is 1.73. The number of aromatic nitrogens is 1. The molecule has 0 unspecified atom stereocenters. The lowest BCUT2D eigenvalue weighted by molar-refractivity contribution is -0.132. The van der Waals surface area contributed by atoms with Crippen molar-refractivity contribution < 1.29 is 14.4 Å². The van der Waals surface area contributed by atoms with Gasteiger partial charge in [0.05, 0.1) is 6.54 Å². The molecule has 1 aliphatic carbocycles. The van der Waals surface area contributed by atoms with Crippen molar-refractivity contribution >= 4 is 29.1 Å². The van der Waals surface area contributed by atoms with E-state index >= 15 is 0 Å². The molecule has 1 saturated heterocycles. The molecule has 2 fully saturated rings. The van der Waals surface area contributed by atoms with Crippen molar-refractivity contribution in [2.75, 3.05) is 6.54 Å². The number of amides is 3. The highest BCUT2D eigenvalue weighted by molar-refractivity contribution is 7.09. The topological polar surface area (TPSA) is 71.4 Å². The Morgan fingerprint density at radius 1 is 1.27 bits per heavy atom. The van der Waals surface area contributed by atoms with Crippen LogP contribution in [0.25, 0.3) is 0 Å². The predicted octanol–water partition coefficient (Wildman–Crippen LogP) is 4.09. The van der Waals surface area contributed by atoms with Gasteiger partial charge >= 0.3 is 6.03 Å². The van der Waals surface area contributed by atoms with Crippen molar-refractivity contribution in [1.82, 2.24) is 14.8 Å². The number of hydrogen-bond acceptors (Lipinski definition) is 4. The lowest BCUT2D eigenvalue weighted by atomic mass is 9.77. The van der Waals surface area contributed by atoms with Crippen LogP contribution in [-0.2, 0) is 17.8 Å². The zero-order valence-corrected chi connectivity index (χ0v) is 18.7. The number of nitrogens with one attached hydrogen (secondary N) is 1. The Morgan fingerprint density at radius 3 is 2.67 bits per heavy atom. The van der Waals surface area contributed by atoms with Crippen LogP contribution < -0.4 is 5.32 Å². The molecule has 0 radical (unpaired) electrons. The van der Waals surface area contributed by atoms with Crippen LogP contribution in [0.3, 0.4) is 0 Å². The molecule has 3 heterocycles. The van der Waals surface area contributed by atoms with E-state index in [1.54, 1.807) is 11.3 Å². The lowest BCUT2D eigenvalue weighted by Crippen LogP contribution is -2.49. The van der Waals surface area contributed by atoms with Crippen LogP contribution in [0.2, 0.25) is 0 Å². The quantitative estimate of drug-likeness (QED) is 0.557. The average molecular weight is 428 g/mol. The maximum atomic E-state index is 13.0. The van der Waals surface area contributed by atoms with Crippen LogP contribution in [0, 0.1) is 19.8 Å². The van der Waals surface area contributed by atoms with Crippen molar-refractivity contribution in [1.29, 1.82) is 0 Å². The number of nitrogens with zero attached hydrogens (tertiary/aromatic N) is 2. The van der Waals surface area contributed by atoms with E-state index in [0.717, 1.165) is 42.1 Å². The predicted molar refractivity (Wildman–Crippen MR) is 117 cm³/mol. The fraction of sp³-hybridized carbons (Fsp3) is 0.522. The normalized spacial score (nSPS) is 24.0. The highest BCUT2D eigenvalue weighted by atomic mass is 32.1. The maximum Gasteiger partial charge on any atom is 0.325 e. The summed E-state index contributed by atoms with van der Waals surface area (Å²) in [5.41, 5.74) is 1.70. The van der Waals surface area contributed by atoms with E-state index in [2.05, 4.69) is 28.3 Å². The first-order valence-electron chi connectivity index (χ1n) is 10.7. The maximum absolute atomic E-state index is 13.0. The van der Waals surface area contributed by atoms with Gasteiger partial charge in [0.2, 0.25) is 0 Å². The summed E-state index contributed by atoms with van der Waals surface area (Å²) in [6.45, 7) is 6.70. The fourth-order valence-corrected chi connectivity index (χ4v) is 5.44. The number of rotatable bonds is 6. The van der Waals surface area contributed by atoms with Gasteiger partial charge in [-0.2, -0.15) is 0 Å². The summed E-state index contributed by atoms with van der Waals surface area (Å²) < 4.78 is 2.14. The number of carbonyl (C=O) groups is 3. The molecule has 30 heavy (non-hydrogen) atoms. The van der Waals surface area contributed by atoms with Gasteiger partial charge in [0, 0.05) is 28.4 Å². The van der Waals surface area contributed by atoms with Crippen molar-refractivity contribution in [2.45, 2.75) is 65.0 Å². The molecule has 3 amide bonds. The molecule has 1 saturated carbocycles. The fourth-order valence-electron chi connectivity index (χ4n) is 4.75. The minimum Gasteiger partial charge on any atom is -0.348 e.